The fourth-order valence-corrected chi connectivity index (χ4v) is 3.67. The molecule has 2 atom stereocenters. The van der Waals surface area contributed by atoms with Crippen molar-refractivity contribution in [3.05, 3.63) is 54.1 Å². The van der Waals surface area contributed by atoms with Gasteiger partial charge in [-0.1, -0.05) is 26.0 Å². The number of carbonyl (C=O) groups excluding carboxylic acids is 3. The molecule has 0 aromatic heterocycles. The van der Waals surface area contributed by atoms with Gasteiger partial charge in [0.25, 0.3) is 5.91 Å². The number of ether oxygens (including phenoxy) is 2. The minimum Gasteiger partial charge on any atom is -0.497 e. The van der Waals surface area contributed by atoms with Crippen molar-refractivity contribution in [1.29, 1.82) is 0 Å². The summed E-state index contributed by atoms with van der Waals surface area (Å²) < 4.78 is 10.3. The summed E-state index contributed by atoms with van der Waals surface area (Å²) in [6, 6.07) is 12.8. The van der Waals surface area contributed by atoms with E-state index in [2.05, 4.69) is 10.6 Å². The average molecular weight is 440 g/mol. The Hall–Kier alpha value is -3.55. The number of carbonyl (C=O) groups is 3. The third-order valence-corrected chi connectivity index (χ3v) is 5.47. The molecule has 2 aromatic rings. The van der Waals surface area contributed by atoms with Crippen LogP contribution in [0.2, 0.25) is 0 Å². The number of hydrogen-bond donors (Lipinski definition) is 2. The molecule has 0 spiro atoms. The van der Waals surface area contributed by atoms with E-state index in [9.17, 15) is 14.4 Å². The lowest BCUT2D eigenvalue weighted by Gasteiger charge is -2.23. The Balaban J connectivity index is 1.59. The highest BCUT2D eigenvalue weighted by atomic mass is 16.5. The van der Waals surface area contributed by atoms with Crippen LogP contribution in [0.4, 0.5) is 10.5 Å². The van der Waals surface area contributed by atoms with Crippen LogP contribution in [-0.2, 0) is 9.59 Å². The van der Waals surface area contributed by atoms with Gasteiger partial charge in [0, 0.05) is 6.42 Å². The summed E-state index contributed by atoms with van der Waals surface area (Å²) in [6.45, 7) is 4.06. The number of imide groups is 1. The van der Waals surface area contributed by atoms with Crippen molar-refractivity contribution in [2.45, 2.75) is 38.8 Å². The summed E-state index contributed by atoms with van der Waals surface area (Å²) in [7, 11) is 3.15. The summed E-state index contributed by atoms with van der Waals surface area (Å²) in [6.07, 6.45) is 0.336. The van der Waals surface area contributed by atoms with Crippen molar-refractivity contribution in [2.24, 2.45) is 5.92 Å². The molecule has 8 nitrogen and oxygen atoms in total. The second-order valence-corrected chi connectivity index (χ2v) is 7.97. The molecule has 3 rings (SSSR count). The molecule has 2 N–H and O–H groups in total. The Labute approximate surface area is 187 Å². The van der Waals surface area contributed by atoms with Gasteiger partial charge in [0.1, 0.15) is 17.5 Å². The summed E-state index contributed by atoms with van der Waals surface area (Å²) in [5, 5.41) is 5.71. The van der Waals surface area contributed by atoms with Crippen LogP contribution in [0.5, 0.6) is 11.5 Å². The summed E-state index contributed by atoms with van der Waals surface area (Å²) in [4.78, 5) is 38.8. The fraction of sp³-hybridized carbons (Fsp3) is 0.375. The molecule has 0 radical (unpaired) electrons. The van der Waals surface area contributed by atoms with Gasteiger partial charge in [-0.15, -0.1) is 0 Å². The standard InChI is InChI=1S/C24H29N3O5/c1-15(2)22(16-5-9-18(31-3)10-6-16)26-21(28)14-13-20-23(29)27(24(30)25-20)17-7-11-19(32-4)12-8-17/h5-12,15,20,22H,13-14H2,1-4H3,(H,25,30)(H,26,28)/t20-,22-/m1/s1. The Bertz CT molecular complexity index is 957. The number of methoxy groups -OCH3 is 2. The lowest BCUT2D eigenvalue weighted by atomic mass is 9.95. The maximum atomic E-state index is 12.8. The van der Waals surface area contributed by atoms with Crippen LogP contribution >= 0.6 is 0 Å². The molecule has 32 heavy (non-hydrogen) atoms. The maximum absolute atomic E-state index is 12.8. The minimum atomic E-state index is -0.742. The third kappa shape index (κ3) is 5.19. The normalized spacial score (nSPS) is 16.7. The van der Waals surface area contributed by atoms with Crippen molar-refractivity contribution in [2.75, 3.05) is 19.1 Å². The first-order chi connectivity index (χ1) is 15.3. The van der Waals surface area contributed by atoms with Crippen LogP contribution in [0.3, 0.4) is 0 Å². The van der Waals surface area contributed by atoms with E-state index in [0.717, 1.165) is 16.2 Å². The van der Waals surface area contributed by atoms with Gasteiger partial charge in [-0.2, -0.15) is 0 Å². The predicted octanol–water partition coefficient (Wildman–Crippen LogP) is 3.42. The molecule has 0 bridgehead atoms. The van der Waals surface area contributed by atoms with Crippen molar-refractivity contribution >= 4 is 23.5 Å². The number of benzene rings is 2. The van der Waals surface area contributed by atoms with Crippen molar-refractivity contribution < 1.29 is 23.9 Å². The van der Waals surface area contributed by atoms with E-state index in [1.807, 2.05) is 38.1 Å². The summed E-state index contributed by atoms with van der Waals surface area (Å²) in [5.41, 5.74) is 1.43. The number of nitrogens with one attached hydrogen (secondary N) is 2. The molecule has 0 unspecified atom stereocenters. The van der Waals surface area contributed by atoms with E-state index in [1.165, 1.54) is 0 Å². The first kappa shape index (κ1) is 23.1. The molecule has 8 heteroatoms. The lowest BCUT2D eigenvalue weighted by molar-refractivity contribution is -0.122. The van der Waals surface area contributed by atoms with Crippen LogP contribution in [0.25, 0.3) is 0 Å². The molecule has 1 aliphatic heterocycles. The fourth-order valence-electron chi connectivity index (χ4n) is 3.67. The van der Waals surface area contributed by atoms with Crippen molar-refractivity contribution in [3.63, 3.8) is 0 Å². The van der Waals surface area contributed by atoms with Gasteiger partial charge >= 0.3 is 6.03 Å². The molecule has 1 fully saturated rings. The molecular formula is C24H29N3O5. The molecule has 1 aliphatic rings. The monoisotopic (exact) mass is 439 g/mol. The molecule has 1 heterocycles. The van der Waals surface area contributed by atoms with E-state index in [-0.39, 0.29) is 36.6 Å². The van der Waals surface area contributed by atoms with Crippen molar-refractivity contribution in [3.8, 4) is 11.5 Å². The van der Waals surface area contributed by atoms with Gasteiger partial charge in [0.05, 0.1) is 25.9 Å². The van der Waals surface area contributed by atoms with Crippen molar-refractivity contribution in [1.82, 2.24) is 10.6 Å². The van der Waals surface area contributed by atoms with Gasteiger partial charge in [0.15, 0.2) is 0 Å². The second kappa shape index (κ2) is 10.2. The topological polar surface area (TPSA) is 97.0 Å². The van der Waals surface area contributed by atoms with Gasteiger partial charge in [0.2, 0.25) is 5.91 Å². The third-order valence-electron chi connectivity index (χ3n) is 5.47. The van der Waals surface area contributed by atoms with Gasteiger partial charge in [-0.05, 0) is 54.3 Å². The van der Waals surface area contributed by atoms with Gasteiger partial charge in [-0.3, -0.25) is 9.59 Å². The molecular weight excluding hydrogens is 410 g/mol. The van der Waals surface area contributed by atoms with Crippen LogP contribution in [0, 0.1) is 5.92 Å². The summed E-state index contributed by atoms with van der Waals surface area (Å²) in [5.74, 6) is 1.00. The number of hydrogen-bond acceptors (Lipinski definition) is 5. The SMILES string of the molecule is COc1ccc([C@H](NC(=O)CC[C@H]2NC(=O)N(c3ccc(OC)cc3)C2=O)C(C)C)cc1. The molecule has 0 aliphatic carbocycles. The lowest BCUT2D eigenvalue weighted by Crippen LogP contribution is -2.35. The molecule has 1 saturated heterocycles. The highest BCUT2D eigenvalue weighted by Gasteiger charge is 2.39. The average Bonchev–Trinajstić information content (AvgIpc) is 3.09. The van der Waals surface area contributed by atoms with Gasteiger partial charge < -0.3 is 20.1 Å². The Morgan fingerprint density at radius 1 is 1.00 bits per heavy atom. The zero-order valence-electron chi connectivity index (χ0n) is 18.8. The Kier molecular flexibility index (Phi) is 7.35. The number of nitrogens with zero attached hydrogens (tertiary/aromatic N) is 1. The van der Waals surface area contributed by atoms with Crippen LogP contribution < -0.4 is 25.0 Å². The quantitative estimate of drug-likeness (QED) is 0.584. The van der Waals surface area contributed by atoms with E-state index in [4.69, 9.17) is 9.47 Å². The minimum absolute atomic E-state index is 0.118. The predicted molar refractivity (Wildman–Crippen MR) is 121 cm³/mol. The Morgan fingerprint density at radius 3 is 2.09 bits per heavy atom. The number of anilines is 1. The van der Waals surface area contributed by atoms with Crippen LogP contribution in [0.1, 0.15) is 38.3 Å². The molecule has 4 amide bonds. The number of urea groups is 1. The first-order valence-electron chi connectivity index (χ1n) is 10.6. The van der Waals surface area contributed by atoms with Gasteiger partial charge in [-0.25, -0.2) is 9.69 Å². The van der Waals surface area contributed by atoms with E-state index in [1.54, 1.807) is 38.5 Å². The van der Waals surface area contributed by atoms with Crippen LogP contribution in [0.15, 0.2) is 48.5 Å². The van der Waals surface area contributed by atoms with Crippen LogP contribution in [-0.4, -0.2) is 38.1 Å². The zero-order chi connectivity index (χ0) is 23.3. The maximum Gasteiger partial charge on any atom is 0.329 e. The van der Waals surface area contributed by atoms with E-state index >= 15 is 0 Å². The highest BCUT2D eigenvalue weighted by molar-refractivity contribution is 6.21. The molecule has 2 aromatic carbocycles. The summed E-state index contributed by atoms with van der Waals surface area (Å²) >= 11 is 0. The largest absolute Gasteiger partial charge is 0.497 e. The first-order valence-corrected chi connectivity index (χ1v) is 10.6. The molecule has 0 saturated carbocycles. The highest BCUT2D eigenvalue weighted by Crippen LogP contribution is 2.26. The molecule has 170 valence electrons. The Morgan fingerprint density at radius 2 is 1.56 bits per heavy atom. The number of amides is 4. The van der Waals surface area contributed by atoms with E-state index in [0.29, 0.717) is 11.4 Å². The van der Waals surface area contributed by atoms with E-state index < -0.39 is 12.1 Å². The number of rotatable bonds is 9. The second-order valence-electron chi connectivity index (χ2n) is 7.97. The zero-order valence-corrected chi connectivity index (χ0v) is 18.8. The smallest absolute Gasteiger partial charge is 0.329 e.